The quantitative estimate of drug-likeness (QED) is 0.737. The Labute approximate surface area is 83.7 Å². The van der Waals surface area contributed by atoms with Gasteiger partial charge in [0, 0.05) is 23.8 Å². The molecule has 0 amide bonds. The summed E-state index contributed by atoms with van der Waals surface area (Å²) in [6.45, 7) is 4.61. The van der Waals surface area contributed by atoms with E-state index in [2.05, 4.69) is 18.9 Å². The van der Waals surface area contributed by atoms with Gasteiger partial charge in [-0.3, -0.25) is 4.68 Å². The third-order valence-electron chi connectivity index (χ3n) is 2.80. The zero-order valence-electron chi connectivity index (χ0n) is 8.70. The first-order valence-corrected chi connectivity index (χ1v) is 5.13. The number of hydrogen-bond acceptors (Lipinski definition) is 3. The van der Waals surface area contributed by atoms with Crippen LogP contribution in [0.3, 0.4) is 0 Å². The smallest absolute Gasteiger partial charge is 0.0830 e. The zero-order valence-corrected chi connectivity index (χ0v) is 8.70. The van der Waals surface area contributed by atoms with Crippen molar-refractivity contribution in [2.75, 3.05) is 0 Å². The zero-order chi connectivity index (χ0) is 10.3. The summed E-state index contributed by atoms with van der Waals surface area (Å²) < 4.78 is 1.99. The molecule has 1 atom stereocenters. The molecule has 0 saturated carbocycles. The van der Waals surface area contributed by atoms with E-state index in [1.807, 2.05) is 4.68 Å². The first-order chi connectivity index (χ1) is 6.65. The lowest BCUT2D eigenvalue weighted by Crippen LogP contribution is -2.08. The molecule has 0 bridgehead atoms. The number of nitrogens with two attached hydrogens (primary N) is 1. The Morgan fingerprint density at radius 1 is 1.64 bits per heavy atom. The van der Waals surface area contributed by atoms with Crippen LogP contribution in [0.5, 0.6) is 0 Å². The molecular formula is C10H17N3O. The molecule has 3 N–H and O–H groups in total. The highest BCUT2D eigenvalue weighted by Crippen LogP contribution is 2.34. The van der Waals surface area contributed by atoms with Gasteiger partial charge >= 0.3 is 0 Å². The molecule has 0 aliphatic heterocycles. The van der Waals surface area contributed by atoms with E-state index in [-0.39, 0.29) is 6.10 Å². The second-order valence-electron chi connectivity index (χ2n) is 4.10. The molecule has 1 aliphatic rings. The summed E-state index contributed by atoms with van der Waals surface area (Å²) in [5, 5.41) is 14.2. The minimum absolute atomic E-state index is 0.342. The minimum atomic E-state index is -0.351. The number of nitrogens with zero attached hydrogens (tertiary/aromatic N) is 2. The van der Waals surface area contributed by atoms with Crippen LogP contribution < -0.4 is 5.73 Å². The summed E-state index contributed by atoms with van der Waals surface area (Å²) in [6.07, 6.45) is 1.38. The van der Waals surface area contributed by atoms with Gasteiger partial charge in [0.05, 0.1) is 11.8 Å². The molecule has 78 valence electrons. The van der Waals surface area contributed by atoms with Crippen LogP contribution in [0.15, 0.2) is 0 Å². The van der Waals surface area contributed by atoms with Gasteiger partial charge in [-0.15, -0.1) is 0 Å². The lowest BCUT2D eigenvalue weighted by Gasteiger charge is -2.08. The van der Waals surface area contributed by atoms with Crippen molar-refractivity contribution < 1.29 is 5.11 Å². The third kappa shape index (κ3) is 1.26. The maximum Gasteiger partial charge on any atom is 0.0830 e. The average molecular weight is 195 g/mol. The van der Waals surface area contributed by atoms with Gasteiger partial charge in [0.2, 0.25) is 0 Å². The highest BCUT2D eigenvalue weighted by Gasteiger charge is 2.29. The monoisotopic (exact) mass is 195 g/mol. The van der Waals surface area contributed by atoms with Crippen molar-refractivity contribution in [3.05, 3.63) is 17.0 Å². The third-order valence-corrected chi connectivity index (χ3v) is 2.80. The number of aliphatic hydroxyl groups excluding tert-OH is 1. The molecule has 1 aromatic heterocycles. The van der Waals surface area contributed by atoms with Gasteiger partial charge in [-0.25, -0.2) is 0 Å². The lowest BCUT2D eigenvalue weighted by atomic mass is 10.1. The summed E-state index contributed by atoms with van der Waals surface area (Å²) in [4.78, 5) is 0. The van der Waals surface area contributed by atoms with E-state index in [0.29, 0.717) is 12.6 Å². The molecular weight excluding hydrogens is 178 g/mol. The second kappa shape index (κ2) is 3.37. The lowest BCUT2D eigenvalue weighted by molar-refractivity contribution is 0.178. The van der Waals surface area contributed by atoms with Crippen LogP contribution in [-0.2, 0) is 13.0 Å². The van der Waals surface area contributed by atoms with Crippen molar-refractivity contribution in [3.8, 4) is 0 Å². The first kappa shape index (κ1) is 9.68. The predicted octanol–water partition coefficient (Wildman–Crippen LogP) is 0.902. The molecule has 0 saturated heterocycles. The first-order valence-electron chi connectivity index (χ1n) is 5.13. The van der Waals surface area contributed by atoms with Crippen LogP contribution in [0.2, 0.25) is 0 Å². The van der Waals surface area contributed by atoms with Crippen molar-refractivity contribution in [2.45, 2.75) is 45.4 Å². The molecule has 1 aromatic rings. The number of aliphatic hydroxyl groups is 1. The van der Waals surface area contributed by atoms with Crippen LogP contribution in [-0.4, -0.2) is 14.9 Å². The standard InChI is InChI=1S/C10H17N3O/c1-6(2)13-8-3-4-9(14)10(8)7(5-11)12-13/h6,9,14H,3-5,11H2,1-2H3. The molecule has 14 heavy (non-hydrogen) atoms. The number of aromatic nitrogens is 2. The topological polar surface area (TPSA) is 64.1 Å². The van der Waals surface area contributed by atoms with Crippen molar-refractivity contribution >= 4 is 0 Å². The Morgan fingerprint density at radius 2 is 2.36 bits per heavy atom. The SMILES string of the molecule is CC(C)n1nc(CN)c2c1CCC2O. The molecule has 1 aliphatic carbocycles. The van der Waals surface area contributed by atoms with Gasteiger partial charge in [0.25, 0.3) is 0 Å². The van der Waals surface area contributed by atoms with Gasteiger partial charge in [-0.05, 0) is 26.7 Å². The number of hydrogen-bond donors (Lipinski definition) is 2. The summed E-state index contributed by atoms with van der Waals surface area (Å²) in [5.74, 6) is 0. The van der Waals surface area contributed by atoms with Crippen molar-refractivity contribution in [3.63, 3.8) is 0 Å². The summed E-state index contributed by atoms with van der Waals surface area (Å²) in [7, 11) is 0. The molecule has 0 aromatic carbocycles. The molecule has 4 nitrogen and oxygen atoms in total. The van der Waals surface area contributed by atoms with E-state index < -0.39 is 0 Å². The minimum Gasteiger partial charge on any atom is -0.388 e. The van der Waals surface area contributed by atoms with Crippen molar-refractivity contribution in [1.29, 1.82) is 0 Å². The van der Waals surface area contributed by atoms with Crippen LogP contribution >= 0.6 is 0 Å². The molecule has 0 fully saturated rings. The van der Waals surface area contributed by atoms with E-state index in [1.165, 1.54) is 5.69 Å². The summed E-state index contributed by atoms with van der Waals surface area (Å²) in [5.41, 5.74) is 8.63. The Balaban J connectivity index is 2.51. The fourth-order valence-electron chi connectivity index (χ4n) is 2.16. The summed E-state index contributed by atoms with van der Waals surface area (Å²) in [6, 6.07) is 0.342. The highest BCUT2D eigenvalue weighted by molar-refractivity contribution is 5.33. The van der Waals surface area contributed by atoms with E-state index >= 15 is 0 Å². The normalized spacial score (nSPS) is 20.5. The van der Waals surface area contributed by atoms with Gasteiger partial charge in [-0.1, -0.05) is 0 Å². The van der Waals surface area contributed by atoms with E-state index in [0.717, 1.165) is 24.1 Å². The van der Waals surface area contributed by atoms with Gasteiger partial charge in [0.15, 0.2) is 0 Å². The van der Waals surface area contributed by atoms with E-state index in [4.69, 9.17) is 5.73 Å². The molecule has 0 radical (unpaired) electrons. The fraction of sp³-hybridized carbons (Fsp3) is 0.700. The molecule has 2 rings (SSSR count). The van der Waals surface area contributed by atoms with Crippen LogP contribution in [0.1, 0.15) is 49.4 Å². The predicted molar refractivity (Wildman–Crippen MR) is 53.8 cm³/mol. The van der Waals surface area contributed by atoms with Crippen LogP contribution in [0, 0.1) is 0 Å². The van der Waals surface area contributed by atoms with Crippen LogP contribution in [0.25, 0.3) is 0 Å². The number of rotatable bonds is 2. The molecule has 1 unspecified atom stereocenters. The Kier molecular flexibility index (Phi) is 2.33. The summed E-state index contributed by atoms with van der Waals surface area (Å²) >= 11 is 0. The maximum absolute atomic E-state index is 9.78. The van der Waals surface area contributed by atoms with Gasteiger partial charge in [-0.2, -0.15) is 5.10 Å². The van der Waals surface area contributed by atoms with Crippen LogP contribution in [0.4, 0.5) is 0 Å². The van der Waals surface area contributed by atoms with Gasteiger partial charge in [0.1, 0.15) is 0 Å². The maximum atomic E-state index is 9.78. The molecule has 0 spiro atoms. The molecule has 1 heterocycles. The second-order valence-corrected chi connectivity index (χ2v) is 4.10. The Hall–Kier alpha value is -0.870. The number of fused-ring (bicyclic) bond motifs is 1. The highest BCUT2D eigenvalue weighted by atomic mass is 16.3. The van der Waals surface area contributed by atoms with Crippen molar-refractivity contribution in [2.24, 2.45) is 5.73 Å². The average Bonchev–Trinajstić information content (AvgIpc) is 2.66. The molecule has 4 heteroatoms. The van der Waals surface area contributed by atoms with Crippen molar-refractivity contribution in [1.82, 2.24) is 9.78 Å². The Morgan fingerprint density at radius 3 is 2.93 bits per heavy atom. The largest absolute Gasteiger partial charge is 0.388 e. The fourth-order valence-corrected chi connectivity index (χ4v) is 2.16. The van der Waals surface area contributed by atoms with E-state index in [9.17, 15) is 5.11 Å². The Bertz CT molecular complexity index is 343. The van der Waals surface area contributed by atoms with E-state index in [1.54, 1.807) is 0 Å². The van der Waals surface area contributed by atoms with Gasteiger partial charge < -0.3 is 10.8 Å².